The zero-order valence-corrected chi connectivity index (χ0v) is 19.3. The van der Waals surface area contributed by atoms with Crippen molar-refractivity contribution in [1.82, 2.24) is 5.32 Å². The van der Waals surface area contributed by atoms with Gasteiger partial charge < -0.3 is 5.32 Å². The van der Waals surface area contributed by atoms with Gasteiger partial charge in [0.1, 0.15) is 0 Å². The Morgan fingerprint density at radius 3 is 2.19 bits per heavy atom. The van der Waals surface area contributed by atoms with Crippen LogP contribution in [0.5, 0.6) is 0 Å². The first kappa shape index (κ1) is 22.6. The van der Waals surface area contributed by atoms with Crippen molar-refractivity contribution < 1.29 is 13.2 Å². The van der Waals surface area contributed by atoms with Gasteiger partial charge in [-0.25, -0.2) is 8.42 Å². The quantitative estimate of drug-likeness (QED) is 0.557. The molecule has 0 aliphatic rings. The van der Waals surface area contributed by atoms with E-state index in [-0.39, 0.29) is 16.8 Å². The van der Waals surface area contributed by atoms with Gasteiger partial charge in [-0.1, -0.05) is 47.5 Å². The van der Waals surface area contributed by atoms with Crippen LogP contribution in [-0.4, -0.2) is 14.3 Å². The minimum Gasteiger partial charge on any atom is -0.345 e. The lowest BCUT2D eigenvalue weighted by atomic mass is 9.99. The molecule has 0 aromatic heterocycles. The van der Waals surface area contributed by atoms with Gasteiger partial charge in [-0.15, -0.1) is 0 Å². The highest BCUT2D eigenvalue weighted by molar-refractivity contribution is 7.92. The third-order valence-corrected chi connectivity index (χ3v) is 6.78. The maximum absolute atomic E-state index is 13.0. The van der Waals surface area contributed by atoms with Crippen LogP contribution in [0, 0.1) is 27.7 Å². The SMILES string of the molecule is Cc1ccc(S(=O)(=O)Nc2cccc(C(=O)N[C@H](C)c3cc(C)ccc3C)c2C)cc1. The zero-order valence-electron chi connectivity index (χ0n) is 18.5. The molecule has 0 fully saturated rings. The number of anilines is 1. The second kappa shape index (κ2) is 8.94. The van der Waals surface area contributed by atoms with Crippen molar-refractivity contribution in [2.75, 3.05) is 4.72 Å². The summed E-state index contributed by atoms with van der Waals surface area (Å²) in [4.78, 5) is 13.2. The van der Waals surface area contributed by atoms with Crippen LogP contribution in [-0.2, 0) is 10.0 Å². The lowest BCUT2D eigenvalue weighted by Crippen LogP contribution is -2.28. The molecule has 0 radical (unpaired) electrons. The van der Waals surface area contributed by atoms with Gasteiger partial charge >= 0.3 is 0 Å². The molecule has 1 atom stereocenters. The molecule has 0 heterocycles. The Balaban J connectivity index is 1.83. The monoisotopic (exact) mass is 436 g/mol. The number of hydrogen-bond donors (Lipinski definition) is 2. The molecule has 0 unspecified atom stereocenters. The molecule has 6 heteroatoms. The van der Waals surface area contributed by atoms with E-state index in [1.165, 1.54) is 0 Å². The first-order chi connectivity index (χ1) is 14.6. The highest BCUT2D eigenvalue weighted by Gasteiger charge is 2.19. The second-order valence-corrected chi connectivity index (χ2v) is 9.63. The normalized spacial score (nSPS) is 12.3. The first-order valence-corrected chi connectivity index (χ1v) is 11.6. The Morgan fingerprint density at radius 2 is 1.52 bits per heavy atom. The standard InChI is InChI=1S/C25H28N2O3S/c1-16-10-13-21(14-11-16)31(29,30)27-24-8-6-7-22(19(24)4)25(28)26-20(5)23-15-17(2)9-12-18(23)3/h6-15,20,27H,1-5H3,(H,26,28)/t20-/m1/s1. The third-order valence-electron chi connectivity index (χ3n) is 5.40. The largest absolute Gasteiger partial charge is 0.345 e. The number of nitrogens with one attached hydrogen (secondary N) is 2. The van der Waals surface area contributed by atoms with Crippen LogP contribution in [0.4, 0.5) is 5.69 Å². The number of aryl methyl sites for hydroxylation is 3. The Bertz CT molecular complexity index is 1220. The Hall–Kier alpha value is -3.12. The molecule has 3 aromatic carbocycles. The maximum Gasteiger partial charge on any atom is 0.261 e. The average molecular weight is 437 g/mol. The predicted octanol–water partition coefficient (Wildman–Crippen LogP) is 5.21. The van der Waals surface area contributed by atoms with E-state index in [2.05, 4.69) is 16.1 Å². The Labute approximate surface area is 184 Å². The van der Waals surface area contributed by atoms with Gasteiger partial charge in [0.05, 0.1) is 16.6 Å². The lowest BCUT2D eigenvalue weighted by Gasteiger charge is -2.19. The van der Waals surface area contributed by atoms with Crippen molar-refractivity contribution in [3.8, 4) is 0 Å². The molecule has 3 aromatic rings. The van der Waals surface area contributed by atoms with Gasteiger partial charge in [0.25, 0.3) is 15.9 Å². The number of rotatable bonds is 6. The third kappa shape index (κ3) is 5.14. The molecule has 3 rings (SSSR count). The van der Waals surface area contributed by atoms with Gasteiger partial charge in [0.2, 0.25) is 0 Å². The molecule has 0 spiro atoms. The molecular formula is C25H28N2O3S. The van der Waals surface area contributed by atoms with E-state index >= 15 is 0 Å². The fraction of sp³-hybridized carbons (Fsp3) is 0.240. The van der Waals surface area contributed by atoms with Crippen molar-refractivity contribution in [1.29, 1.82) is 0 Å². The van der Waals surface area contributed by atoms with Crippen LogP contribution < -0.4 is 10.0 Å². The van der Waals surface area contributed by atoms with Gasteiger partial charge in [0.15, 0.2) is 0 Å². The first-order valence-electron chi connectivity index (χ1n) is 10.2. The topological polar surface area (TPSA) is 75.3 Å². The molecular weight excluding hydrogens is 408 g/mol. The molecule has 0 aliphatic carbocycles. The zero-order chi connectivity index (χ0) is 22.8. The Kier molecular flexibility index (Phi) is 6.51. The fourth-order valence-electron chi connectivity index (χ4n) is 3.49. The van der Waals surface area contributed by atoms with E-state index in [1.54, 1.807) is 49.4 Å². The second-order valence-electron chi connectivity index (χ2n) is 7.95. The minimum absolute atomic E-state index is 0.177. The minimum atomic E-state index is -3.75. The van der Waals surface area contributed by atoms with E-state index in [0.29, 0.717) is 16.8 Å². The molecule has 31 heavy (non-hydrogen) atoms. The highest BCUT2D eigenvalue weighted by Crippen LogP contribution is 2.24. The number of benzene rings is 3. The van der Waals surface area contributed by atoms with Gasteiger partial charge in [-0.05, 0) is 75.6 Å². The van der Waals surface area contributed by atoms with Crippen molar-refractivity contribution in [3.63, 3.8) is 0 Å². The summed E-state index contributed by atoms with van der Waals surface area (Å²) >= 11 is 0. The molecule has 5 nitrogen and oxygen atoms in total. The van der Waals surface area contributed by atoms with Crippen molar-refractivity contribution in [2.45, 2.75) is 45.6 Å². The summed E-state index contributed by atoms with van der Waals surface area (Å²) in [6, 6.07) is 17.6. The van der Waals surface area contributed by atoms with E-state index in [9.17, 15) is 13.2 Å². The smallest absolute Gasteiger partial charge is 0.261 e. The molecule has 0 aliphatic heterocycles. The molecule has 162 valence electrons. The number of carbonyl (C=O) groups excluding carboxylic acids is 1. The molecule has 0 saturated heterocycles. The van der Waals surface area contributed by atoms with Crippen LogP contribution in [0.3, 0.4) is 0 Å². The Morgan fingerprint density at radius 1 is 0.871 bits per heavy atom. The summed E-state index contributed by atoms with van der Waals surface area (Å²) in [5, 5.41) is 3.03. The fourth-order valence-corrected chi connectivity index (χ4v) is 4.61. The molecule has 0 saturated carbocycles. The van der Waals surface area contributed by atoms with E-state index in [1.807, 2.05) is 39.8 Å². The summed E-state index contributed by atoms with van der Waals surface area (Å²) in [6.07, 6.45) is 0. The van der Waals surface area contributed by atoms with Gasteiger partial charge in [-0.3, -0.25) is 9.52 Å². The summed E-state index contributed by atoms with van der Waals surface area (Å²) in [5.41, 5.74) is 5.66. The molecule has 2 N–H and O–H groups in total. The summed E-state index contributed by atoms with van der Waals surface area (Å²) in [7, 11) is -3.75. The van der Waals surface area contributed by atoms with Crippen LogP contribution in [0.25, 0.3) is 0 Å². The van der Waals surface area contributed by atoms with Crippen molar-refractivity contribution in [2.24, 2.45) is 0 Å². The number of hydrogen-bond acceptors (Lipinski definition) is 3. The number of carbonyl (C=O) groups is 1. The van der Waals surface area contributed by atoms with E-state index in [0.717, 1.165) is 22.3 Å². The lowest BCUT2D eigenvalue weighted by molar-refractivity contribution is 0.0939. The maximum atomic E-state index is 13.0. The van der Waals surface area contributed by atoms with Crippen molar-refractivity contribution in [3.05, 3.63) is 94.0 Å². The summed E-state index contributed by atoms with van der Waals surface area (Å²) in [5.74, 6) is -0.248. The van der Waals surface area contributed by atoms with E-state index in [4.69, 9.17) is 0 Å². The van der Waals surface area contributed by atoms with Crippen LogP contribution in [0.1, 0.15) is 51.1 Å². The van der Waals surface area contributed by atoms with Crippen LogP contribution >= 0.6 is 0 Å². The summed E-state index contributed by atoms with van der Waals surface area (Å²) < 4.78 is 28.1. The van der Waals surface area contributed by atoms with Crippen molar-refractivity contribution >= 4 is 21.6 Å². The number of amides is 1. The van der Waals surface area contributed by atoms with E-state index < -0.39 is 10.0 Å². The molecule has 0 bridgehead atoms. The molecule has 1 amide bonds. The van der Waals surface area contributed by atoms with Crippen LogP contribution in [0.2, 0.25) is 0 Å². The average Bonchev–Trinajstić information content (AvgIpc) is 2.71. The predicted molar refractivity (Wildman–Crippen MR) is 125 cm³/mol. The van der Waals surface area contributed by atoms with Gasteiger partial charge in [-0.2, -0.15) is 0 Å². The van der Waals surface area contributed by atoms with Gasteiger partial charge in [0, 0.05) is 5.56 Å². The number of sulfonamides is 1. The highest BCUT2D eigenvalue weighted by atomic mass is 32.2. The summed E-state index contributed by atoms with van der Waals surface area (Å²) in [6.45, 7) is 9.62. The van der Waals surface area contributed by atoms with Crippen LogP contribution in [0.15, 0.2) is 65.6 Å².